The average Bonchev–Trinajstić information content (AvgIpc) is 2.99. The lowest BCUT2D eigenvalue weighted by molar-refractivity contribution is 0.0980. The van der Waals surface area contributed by atoms with Gasteiger partial charge in [0.25, 0.3) is 20.2 Å². The highest BCUT2D eigenvalue weighted by atomic mass is 35.5. The fourth-order valence-corrected chi connectivity index (χ4v) is 6.16. The molecule has 0 spiro atoms. The van der Waals surface area contributed by atoms with Gasteiger partial charge in [0.15, 0.2) is 11.6 Å². The monoisotopic (exact) mass is 705 g/mol. The number of nitrogen functional groups attached to an aromatic ring is 1. The number of aliphatic hydroxyl groups excluding tert-OH is 1. The second-order valence-corrected chi connectivity index (χ2v) is 12.8. The predicted octanol–water partition coefficient (Wildman–Crippen LogP) is 2.28. The summed E-state index contributed by atoms with van der Waals surface area (Å²) in [6.07, 6.45) is 0. The fraction of sp³-hybridized carbons (Fsp3) is 0.148. The maximum atomic E-state index is 13.6. The summed E-state index contributed by atoms with van der Waals surface area (Å²) in [5.41, 5.74) is 3.59. The van der Waals surface area contributed by atoms with Crippen molar-refractivity contribution < 1.29 is 45.4 Å². The van der Waals surface area contributed by atoms with E-state index in [0.29, 0.717) is 0 Å². The molecule has 47 heavy (non-hydrogen) atoms. The molecule has 0 bridgehead atoms. The number of nitrogens with one attached hydrogen (secondary N) is 3. The maximum Gasteiger partial charge on any atom is 0.296 e. The minimum atomic E-state index is -5.06. The molecule has 3 aromatic carbocycles. The van der Waals surface area contributed by atoms with E-state index in [4.69, 9.17) is 27.2 Å². The molecule has 0 amide bonds. The van der Waals surface area contributed by atoms with Gasteiger partial charge in [-0.3, -0.25) is 18.7 Å². The third kappa shape index (κ3) is 7.15. The van der Waals surface area contributed by atoms with Crippen molar-refractivity contribution in [2.45, 2.75) is 9.79 Å². The Morgan fingerprint density at radius 3 is 2.06 bits per heavy atom. The average molecular weight is 706 g/mol. The van der Waals surface area contributed by atoms with Gasteiger partial charge >= 0.3 is 0 Å². The number of fused-ring (bicyclic) bond motifs is 2. The van der Waals surface area contributed by atoms with Gasteiger partial charge in [-0.2, -0.15) is 31.8 Å². The molecule has 1 aromatic heterocycles. The number of aromatic nitrogens is 3. The van der Waals surface area contributed by atoms with Gasteiger partial charge in [0.05, 0.1) is 48.0 Å². The van der Waals surface area contributed by atoms with Crippen molar-refractivity contribution in [1.29, 1.82) is 0 Å². The fourth-order valence-electron chi connectivity index (χ4n) is 4.68. The molecule has 17 nitrogen and oxygen atoms in total. The molecule has 246 valence electrons. The Morgan fingerprint density at radius 2 is 1.43 bits per heavy atom. The van der Waals surface area contributed by atoms with Crippen LogP contribution in [0.15, 0.2) is 58.3 Å². The number of anilines is 6. The third-order valence-electron chi connectivity index (χ3n) is 6.64. The Morgan fingerprint density at radius 1 is 0.787 bits per heavy atom. The first-order valence-electron chi connectivity index (χ1n) is 13.3. The predicted molar refractivity (Wildman–Crippen MR) is 168 cm³/mol. The number of ether oxygens (including phenoxy) is 1. The van der Waals surface area contributed by atoms with E-state index in [0.717, 1.165) is 18.2 Å². The molecule has 20 heteroatoms. The summed E-state index contributed by atoms with van der Waals surface area (Å²) in [6.45, 7) is 0.457. The summed E-state index contributed by atoms with van der Waals surface area (Å²) in [5.74, 6) is -1.64. The van der Waals surface area contributed by atoms with Gasteiger partial charge in [-0.15, -0.1) is 0 Å². The second-order valence-electron chi connectivity index (χ2n) is 9.72. The normalized spacial score (nSPS) is 12.8. The summed E-state index contributed by atoms with van der Waals surface area (Å²) in [5, 5.41) is 16.7. The third-order valence-corrected chi connectivity index (χ3v) is 8.59. The molecule has 0 atom stereocenters. The number of halogens is 1. The van der Waals surface area contributed by atoms with Gasteiger partial charge < -0.3 is 31.5 Å². The van der Waals surface area contributed by atoms with Crippen LogP contribution < -0.4 is 21.7 Å². The van der Waals surface area contributed by atoms with E-state index >= 15 is 0 Å². The molecule has 1 aliphatic carbocycles. The molecular weight excluding hydrogens is 682 g/mol. The Bertz CT molecular complexity index is 2150. The van der Waals surface area contributed by atoms with Gasteiger partial charge in [-0.05, 0) is 35.9 Å². The number of rotatable bonds is 12. The number of benzene rings is 3. The molecule has 0 saturated carbocycles. The lowest BCUT2D eigenvalue weighted by atomic mass is 9.82. The topological polar surface area (TPSA) is 273 Å². The first kappa shape index (κ1) is 33.6. The van der Waals surface area contributed by atoms with Gasteiger partial charge in [0.1, 0.15) is 9.79 Å². The maximum absolute atomic E-state index is 13.6. The highest BCUT2D eigenvalue weighted by molar-refractivity contribution is 7.86. The molecular formula is C27H24ClN7O10S2. The van der Waals surface area contributed by atoms with E-state index in [-0.39, 0.29) is 71.6 Å². The second kappa shape index (κ2) is 13.2. The van der Waals surface area contributed by atoms with Crippen LogP contribution in [0.25, 0.3) is 0 Å². The minimum Gasteiger partial charge on any atom is -0.397 e. The molecule has 0 saturated heterocycles. The van der Waals surface area contributed by atoms with Gasteiger partial charge in [0, 0.05) is 23.4 Å². The number of carbonyl (C=O) groups is 2. The first-order chi connectivity index (χ1) is 22.2. The number of nitrogens with zero attached hydrogens (tertiary/aromatic N) is 3. The number of hydrogen-bond acceptors (Lipinski definition) is 15. The Balaban J connectivity index is 1.54. The molecule has 0 radical (unpaired) electrons. The molecule has 0 fully saturated rings. The molecule has 5 rings (SSSR count). The van der Waals surface area contributed by atoms with Crippen molar-refractivity contribution in [1.82, 2.24) is 15.0 Å². The van der Waals surface area contributed by atoms with Crippen LogP contribution in [0.4, 0.5) is 34.6 Å². The van der Waals surface area contributed by atoms with E-state index in [1.54, 1.807) is 0 Å². The summed E-state index contributed by atoms with van der Waals surface area (Å²) < 4.78 is 74.6. The highest BCUT2D eigenvalue weighted by Crippen LogP contribution is 2.41. The lowest BCUT2D eigenvalue weighted by Crippen LogP contribution is -2.25. The molecule has 8 N–H and O–H groups in total. The molecule has 4 aromatic rings. The van der Waals surface area contributed by atoms with Crippen LogP contribution in [0.1, 0.15) is 31.8 Å². The van der Waals surface area contributed by atoms with Crippen LogP contribution in [0.5, 0.6) is 0 Å². The SMILES string of the molecule is Nc1c(S(=O)(=O)O)cc(Nc2ccc(Nc3nc(Cl)nc(NCCOCCO)n3)cc2S(=O)(=O)O)c2c1C(=O)c1ccccc1C2=O. The van der Waals surface area contributed by atoms with Gasteiger partial charge in [-0.25, -0.2) is 0 Å². The first-order valence-corrected chi connectivity index (χ1v) is 16.6. The number of ketones is 2. The molecule has 1 heterocycles. The summed E-state index contributed by atoms with van der Waals surface area (Å²) in [4.78, 5) is 37.3. The van der Waals surface area contributed by atoms with Crippen molar-refractivity contribution in [2.24, 2.45) is 0 Å². The van der Waals surface area contributed by atoms with Crippen LogP contribution in [0.3, 0.4) is 0 Å². The molecule has 0 unspecified atom stereocenters. The summed E-state index contributed by atoms with van der Waals surface area (Å²) in [6, 6.07) is 9.94. The molecule has 1 aliphatic rings. The number of hydrogen-bond donors (Lipinski definition) is 7. The van der Waals surface area contributed by atoms with Crippen molar-refractivity contribution in [3.8, 4) is 0 Å². The van der Waals surface area contributed by atoms with E-state index in [1.165, 1.54) is 30.3 Å². The quantitative estimate of drug-likeness (QED) is 0.0557. The molecule has 0 aliphatic heterocycles. The Hall–Kier alpha value is -4.76. The number of aliphatic hydroxyl groups is 1. The lowest BCUT2D eigenvalue weighted by Gasteiger charge is -2.24. The largest absolute Gasteiger partial charge is 0.397 e. The number of nitrogens with two attached hydrogens (primary N) is 1. The van der Waals surface area contributed by atoms with Crippen molar-refractivity contribution in [3.63, 3.8) is 0 Å². The van der Waals surface area contributed by atoms with E-state index in [1.807, 2.05) is 0 Å². The van der Waals surface area contributed by atoms with Crippen molar-refractivity contribution in [2.75, 3.05) is 48.0 Å². The van der Waals surface area contributed by atoms with Crippen LogP contribution in [-0.4, -0.2) is 83.9 Å². The summed E-state index contributed by atoms with van der Waals surface area (Å²) in [7, 11) is -10.1. The van der Waals surface area contributed by atoms with Gasteiger partial charge in [-0.1, -0.05) is 24.3 Å². The zero-order valence-electron chi connectivity index (χ0n) is 23.8. The number of carbonyl (C=O) groups excluding carboxylic acids is 2. The van der Waals surface area contributed by atoms with Crippen LogP contribution >= 0.6 is 11.6 Å². The minimum absolute atomic E-state index is 0.0239. The smallest absolute Gasteiger partial charge is 0.296 e. The zero-order valence-corrected chi connectivity index (χ0v) is 26.1. The van der Waals surface area contributed by atoms with Crippen LogP contribution in [0.2, 0.25) is 5.28 Å². The van der Waals surface area contributed by atoms with Crippen LogP contribution in [-0.2, 0) is 25.0 Å². The Labute approximate surface area is 271 Å². The van der Waals surface area contributed by atoms with E-state index in [2.05, 4.69) is 30.9 Å². The highest BCUT2D eigenvalue weighted by Gasteiger charge is 2.36. The van der Waals surface area contributed by atoms with Crippen LogP contribution in [0, 0.1) is 0 Å². The van der Waals surface area contributed by atoms with Crippen molar-refractivity contribution >= 4 is 78.0 Å². The summed E-state index contributed by atoms with van der Waals surface area (Å²) >= 11 is 5.99. The van der Waals surface area contributed by atoms with Gasteiger partial charge in [0.2, 0.25) is 17.2 Å². The Kier molecular flexibility index (Phi) is 9.41. The zero-order chi connectivity index (χ0) is 34.1. The van der Waals surface area contributed by atoms with E-state index in [9.17, 15) is 35.5 Å². The van der Waals surface area contributed by atoms with Crippen molar-refractivity contribution in [3.05, 3.63) is 76.1 Å². The van der Waals surface area contributed by atoms with E-state index < -0.39 is 58.5 Å². The standard InChI is InChI=1S/C27H24ClN7O10S2/c28-25-33-26(30-7-9-45-10-8-36)35-27(34-25)31-13-5-6-16(18(11-13)46(39,40)41)32-17-12-19(47(42,43)44)22(29)21-20(17)23(37)14-3-1-2-4-15(14)24(21)38/h1-6,11-12,32,36H,7-10,29H2,(H,39,40,41)(H,42,43,44)(H2,30,31,33,34,35).